The maximum absolute atomic E-state index is 13.2. The fraction of sp³-hybridized carbons (Fsp3) is 0.158. The Hall–Kier alpha value is -5.27. The predicted molar refractivity (Wildman–Crippen MR) is 174 cm³/mol. The Morgan fingerprint density at radius 2 is 1.32 bits per heavy atom. The van der Waals surface area contributed by atoms with E-state index >= 15 is 0 Å². The number of methoxy groups -OCH3 is 2. The number of pyridine rings is 1. The van der Waals surface area contributed by atoms with Gasteiger partial charge in [-0.3, -0.25) is 15.0 Å². The molecule has 0 aliphatic carbocycles. The van der Waals surface area contributed by atoms with Gasteiger partial charge in [-0.2, -0.15) is 0 Å². The van der Waals surface area contributed by atoms with Crippen molar-refractivity contribution in [2.45, 2.75) is 18.9 Å². The fourth-order valence-electron chi connectivity index (χ4n) is 5.24. The minimum atomic E-state index is -1.54. The minimum absolute atomic E-state index is 0. The molecule has 240 valence electrons. The molecule has 1 unspecified atom stereocenters. The molecule has 0 spiro atoms. The number of benzene rings is 4. The number of carboxylic acids is 1. The maximum Gasteiger partial charge on any atom is 2.00 e. The van der Waals surface area contributed by atoms with Crippen LogP contribution in [0, 0.1) is 5.41 Å². The van der Waals surface area contributed by atoms with Crippen LogP contribution < -0.4 is 19.7 Å². The molecule has 0 saturated carbocycles. The van der Waals surface area contributed by atoms with Gasteiger partial charge in [-0.25, -0.2) is 0 Å². The van der Waals surface area contributed by atoms with Gasteiger partial charge < -0.3 is 24.5 Å². The second kappa shape index (κ2) is 16.3. The summed E-state index contributed by atoms with van der Waals surface area (Å²) in [5, 5.41) is 26.3. The number of hydrogen-bond acceptors (Lipinski definition) is 8. The molecule has 5 aromatic rings. The van der Waals surface area contributed by atoms with Crippen molar-refractivity contribution in [3.05, 3.63) is 155 Å². The molecule has 0 bridgehead atoms. The van der Waals surface area contributed by atoms with Crippen LogP contribution in [0.25, 0.3) is 0 Å². The van der Waals surface area contributed by atoms with Gasteiger partial charge in [0.2, 0.25) is 0 Å². The van der Waals surface area contributed by atoms with E-state index in [1.165, 1.54) is 12.4 Å². The molecular formula is C38H33N3NiO5. The molecular weight excluding hydrogens is 637 g/mol. The van der Waals surface area contributed by atoms with Crippen LogP contribution in [0.15, 0.2) is 138 Å². The van der Waals surface area contributed by atoms with Gasteiger partial charge in [0.15, 0.2) is 0 Å². The summed E-state index contributed by atoms with van der Waals surface area (Å²) in [4.78, 5) is 26.7. The number of carboxylic acid groups (broad SMARTS) is 1. The number of ether oxygens (including phenoxy) is 2. The van der Waals surface area contributed by atoms with Crippen LogP contribution in [0.2, 0.25) is 0 Å². The number of aliphatic carboxylic acids is 1. The number of nitrogens with zero attached hydrogens (tertiary/aromatic N) is 3. The van der Waals surface area contributed by atoms with Crippen molar-refractivity contribution < 1.29 is 41.0 Å². The summed E-state index contributed by atoms with van der Waals surface area (Å²) < 4.78 is 10.6. The normalized spacial score (nSPS) is 12.3. The summed E-state index contributed by atoms with van der Waals surface area (Å²) in [5.41, 5.74) is 2.07. The van der Waals surface area contributed by atoms with E-state index in [-0.39, 0.29) is 35.0 Å². The molecule has 0 radical (unpaired) electrons. The van der Waals surface area contributed by atoms with E-state index in [2.05, 4.69) is 9.98 Å². The molecule has 1 atom stereocenters. The Morgan fingerprint density at radius 1 is 0.766 bits per heavy atom. The third kappa shape index (κ3) is 8.72. The summed E-state index contributed by atoms with van der Waals surface area (Å²) in [7, 11) is 3.16. The minimum Gasteiger partial charge on any atom is -0.857 e. The molecule has 9 heteroatoms. The number of hydrogen-bond donors (Lipinski definition) is 0. The van der Waals surface area contributed by atoms with Gasteiger partial charge in [0.05, 0.1) is 37.0 Å². The Bertz CT molecular complexity index is 1750. The van der Waals surface area contributed by atoms with Crippen molar-refractivity contribution in [1.29, 1.82) is 0 Å². The van der Waals surface area contributed by atoms with Crippen molar-refractivity contribution in [2.75, 3.05) is 14.2 Å². The van der Waals surface area contributed by atoms with E-state index < -0.39 is 23.3 Å². The van der Waals surface area contributed by atoms with E-state index in [0.717, 1.165) is 16.7 Å². The van der Waals surface area contributed by atoms with Gasteiger partial charge in [-0.1, -0.05) is 78.9 Å². The maximum atomic E-state index is 13.2. The molecule has 0 fully saturated rings. The standard InChI is InChI=1S/C38H35N3O5.Ni/c1-45-30-19-15-27(16-20-30)24-38(37(43)44,25-28-17-21-31(46-2)22-18-28)26-40-35(29-10-4-3-5-11-29)32-12-6-7-13-33(32)41-36(42)34-14-8-9-23-39-34;/h3-23,26,35H,24-25H2,1-2H3,(H,41,42)(H,43,44);/q;+2/p-2. The van der Waals surface area contributed by atoms with Crippen LogP contribution in [0.1, 0.15) is 34.0 Å². The number of carbonyl (C=O) groups is 1. The van der Waals surface area contributed by atoms with E-state index in [4.69, 9.17) is 14.5 Å². The third-order valence-electron chi connectivity index (χ3n) is 7.69. The topological polar surface area (TPSA) is 119 Å². The number of aromatic nitrogens is 1. The summed E-state index contributed by atoms with van der Waals surface area (Å²) in [6.45, 7) is 0. The van der Waals surface area contributed by atoms with Gasteiger partial charge in [0.25, 0.3) is 0 Å². The average molecular weight is 670 g/mol. The summed E-state index contributed by atoms with van der Waals surface area (Å²) >= 11 is 0. The number of carbonyl (C=O) groups excluding carboxylic acids is 1. The van der Waals surface area contributed by atoms with Crippen LogP contribution in [-0.2, 0) is 34.1 Å². The first-order valence-electron chi connectivity index (χ1n) is 14.7. The van der Waals surface area contributed by atoms with Crippen molar-refractivity contribution in [3.8, 4) is 11.5 Å². The van der Waals surface area contributed by atoms with E-state index in [0.29, 0.717) is 22.7 Å². The van der Waals surface area contributed by atoms with Gasteiger partial charge in [-0.05, 0) is 72.0 Å². The molecule has 8 nitrogen and oxygen atoms in total. The molecule has 0 N–H and O–H groups in total. The van der Waals surface area contributed by atoms with E-state index in [9.17, 15) is 15.0 Å². The van der Waals surface area contributed by atoms with Crippen molar-refractivity contribution >= 4 is 23.8 Å². The molecule has 5 rings (SSSR count). The van der Waals surface area contributed by atoms with Gasteiger partial charge in [0.1, 0.15) is 17.5 Å². The van der Waals surface area contributed by atoms with E-state index in [1.54, 1.807) is 68.8 Å². The van der Waals surface area contributed by atoms with Crippen LogP contribution in [0.3, 0.4) is 0 Å². The van der Waals surface area contributed by atoms with Crippen LogP contribution >= 0.6 is 0 Å². The molecule has 0 aliphatic rings. The van der Waals surface area contributed by atoms with Gasteiger partial charge >= 0.3 is 16.5 Å². The molecule has 1 heterocycles. The summed E-state index contributed by atoms with van der Waals surface area (Å²) in [5.74, 6) is -0.433. The smallest absolute Gasteiger partial charge is 0.857 e. The van der Waals surface area contributed by atoms with Crippen molar-refractivity contribution in [1.82, 2.24) is 4.98 Å². The quantitative estimate of drug-likeness (QED) is 0.0998. The third-order valence-corrected chi connectivity index (χ3v) is 7.69. The first-order chi connectivity index (χ1) is 22.4. The monoisotopic (exact) mass is 669 g/mol. The van der Waals surface area contributed by atoms with Crippen LogP contribution in [0.5, 0.6) is 11.5 Å². The molecule has 0 amide bonds. The Kier molecular flexibility index (Phi) is 12.0. The number of rotatable bonds is 13. The number of para-hydroxylation sites is 1. The first kappa shape index (κ1) is 34.6. The SMILES string of the molecule is COc1ccc(CC(C=NC(c2ccccc2)c2ccccc2N=C([O-])c2ccccn2)(Cc2ccc(OC)cc2)C(=O)[O-])cc1.[Ni+2]. The average Bonchev–Trinajstić information content (AvgIpc) is 3.10. The number of aliphatic imine (C=N–C) groups is 2. The molecule has 4 aromatic carbocycles. The van der Waals surface area contributed by atoms with Crippen LogP contribution in [-0.4, -0.2) is 37.3 Å². The van der Waals surface area contributed by atoms with Crippen molar-refractivity contribution in [3.63, 3.8) is 0 Å². The summed E-state index contributed by atoms with van der Waals surface area (Å²) in [6, 6.07) is 35.6. The zero-order chi connectivity index (χ0) is 32.4. The largest absolute Gasteiger partial charge is 2.00 e. The first-order valence-corrected chi connectivity index (χ1v) is 14.7. The zero-order valence-electron chi connectivity index (χ0n) is 25.9. The molecule has 0 saturated heterocycles. The molecule has 47 heavy (non-hydrogen) atoms. The Morgan fingerprint density at radius 3 is 1.85 bits per heavy atom. The van der Waals surface area contributed by atoms with Gasteiger partial charge in [-0.15, -0.1) is 0 Å². The van der Waals surface area contributed by atoms with Gasteiger partial charge in [0, 0.05) is 23.9 Å². The zero-order valence-corrected chi connectivity index (χ0v) is 26.9. The molecule has 0 aliphatic heterocycles. The van der Waals surface area contributed by atoms with Crippen molar-refractivity contribution in [2.24, 2.45) is 15.4 Å². The predicted octanol–water partition coefficient (Wildman–Crippen LogP) is 4.92. The van der Waals surface area contributed by atoms with E-state index in [1.807, 2.05) is 66.7 Å². The fourth-order valence-corrected chi connectivity index (χ4v) is 5.24. The van der Waals surface area contributed by atoms with Crippen LogP contribution in [0.4, 0.5) is 5.69 Å². The Labute approximate surface area is 284 Å². The second-order valence-corrected chi connectivity index (χ2v) is 10.8. The molecule has 1 aromatic heterocycles. The summed E-state index contributed by atoms with van der Waals surface area (Å²) in [6.07, 6.45) is 3.25. The second-order valence-electron chi connectivity index (χ2n) is 10.8. The Balaban J connectivity index is 0.00000500.